The highest BCUT2D eigenvalue weighted by molar-refractivity contribution is 7.13. The molecular formula is C19H21N9S. The summed E-state index contributed by atoms with van der Waals surface area (Å²) in [5, 5.41) is 11.5. The zero-order chi connectivity index (χ0) is 20.1. The van der Waals surface area contributed by atoms with Gasteiger partial charge < -0.3 is 4.90 Å². The minimum absolute atomic E-state index is 0.104. The fourth-order valence-electron chi connectivity index (χ4n) is 3.93. The molecule has 0 spiro atoms. The van der Waals surface area contributed by atoms with Crippen molar-refractivity contribution in [3.8, 4) is 22.5 Å². The smallest absolute Gasteiger partial charge is 0.237 e. The van der Waals surface area contributed by atoms with E-state index >= 15 is 0 Å². The third kappa shape index (κ3) is 2.66. The van der Waals surface area contributed by atoms with Gasteiger partial charge >= 0.3 is 0 Å². The van der Waals surface area contributed by atoms with E-state index in [0.29, 0.717) is 5.95 Å². The summed E-state index contributed by atoms with van der Waals surface area (Å²) in [7, 11) is 0. The molecule has 0 radical (unpaired) electrons. The number of rotatable bonds is 4. The zero-order valence-corrected chi connectivity index (χ0v) is 17.5. The number of aryl methyl sites for hydroxylation is 1. The van der Waals surface area contributed by atoms with Crippen LogP contribution in [0.2, 0.25) is 0 Å². The lowest BCUT2D eigenvalue weighted by molar-refractivity contribution is 0.496. The second-order valence-corrected chi connectivity index (χ2v) is 8.10. The third-order valence-corrected chi connectivity index (χ3v) is 5.90. The highest BCUT2D eigenvalue weighted by Crippen LogP contribution is 2.40. The van der Waals surface area contributed by atoms with Crippen molar-refractivity contribution >= 4 is 17.2 Å². The van der Waals surface area contributed by atoms with Crippen LogP contribution >= 0.6 is 11.3 Å². The number of imidazole rings is 1. The summed E-state index contributed by atoms with van der Waals surface area (Å²) in [6, 6.07) is 0.348. The standard InChI is InChI=1S/C19H21N9S/c1-5-13-16-25-24-12(4)28(16)14-10-22-19(23-15(14)27(13)11(2)3)26-8-6-20-17(26)18-21-7-9-29-18/h6-11,13H,5H2,1-4H3/t13-/m1/s1. The van der Waals surface area contributed by atoms with E-state index < -0.39 is 0 Å². The fourth-order valence-corrected chi connectivity index (χ4v) is 4.55. The van der Waals surface area contributed by atoms with Gasteiger partial charge in [0.05, 0.1) is 12.2 Å². The zero-order valence-electron chi connectivity index (χ0n) is 16.7. The summed E-state index contributed by atoms with van der Waals surface area (Å²) in [6.07, 6.45) is 8.15. The van der Waals surface area contributed by atoms with Crippen molar-refractivity contribution in [1.29, 1.82) is 0 Å². The first-order valence-corrected chi connectivity index (χ1v) is 10.5. The van der Waals surface area contributed by atoms with Gasteiger partial charge in [0.15, 0.2) is 22.5 Å². The maximum Gasteiger partial charge on any atom is 0.237 e. The van der Waals surface area contributed by atoms with Crippen LogP contribution in [0, 0.1) is 6.92 Å². The van der Waals surface area contributed by atoms with E-state index in [4.69, 9.17) is 4.98 Å². The Labute approximate surface area is 172 Å². The van der Waals surface area contributed by atoms with E-state index in [9.17, 15) is 0 Å². The van der Waals surface area contributed by atoms with E-state index in [1.54, 1.807) is 23.7 Å². The molecule has 10 heteroatoms. The van der Waals surface area contributed by atoms with Gasteiger partial charge in [-0.05, 0) is 27.2 Å². The molecule has 0 saturated carbocycles. The van der Waals surface area contributed by atoms with Gasteiger partial charge in [-0.1, -0.05) is 6.92 Å². The topological polar surface area (TPSA) is 90.4 Å². The molecule has 4 aromatic rings. The summed E-state index contributed by atoms with van der Waals surface area (Å²) in [6.45, 7) is 8.47. The quantitative estimate of drug-likeness (QED) is 0.512. The molecule has 1 aliphatic rings. The number of fused-ring (bicyclic) bond motifs is 3. The number of aromatic nitrogens is 8. The summed E-state index contributed by atoms with van der Waals surface area (Å²) in [5.74, 6) is 3.96. The molecule has 5 heterocycles. The highest BCUT2D eigenvalue weighted by atomic mass is 32.1. The molecule has 1 aliphatic heterocycles. The Morgan fingerprint density at radius 3 is 2.72 bits per heavy atom. The van der Waals surface area contributed by atoms with Gasteiger partial charge in [-0.25, -0.2) is 15.0 Å². The number of hydrogen-bond acceptors (Lipinski definition) is 8. The first kappa shape index (κ1) is 17.9. The van der Waals surface area contributed by atoms with Gasteiger partial charge in [-0.15, -0.1) is 21.5 Å². The lowest BCUT2D eigenvalue weighted by Gasteiger charge is -2.39. The predicted octanol–water partition coefficient (Wildman–Crippen LogP) is 3.35. The molecule has 0 aliphatic carbocycles. The maximum atomic E-state index is 4.98. The molecule has 0 saturated heterocycles. The van der Waals surface area contributed by atoms with E-state index in [-0.39, 0.29) is 12.1 Å². The number of thiazole rings is 1. The van der Waals surface area contributed by atoms with Gasteiger partial charge in [0.25, 0.3) is 0 Å². The van der Waals surface area contributed by atoms with Gasteiger partial charge in [-0.2, -0.15) is 4.98 Å². The minimum atomic E-state index is 0.104. The van der Waals surface area contributed by atoms with Crippen LogP contribution in [0.1, 0.15) is 44.9 Å². The van der Waals surface area contributed by atoms with Crippen LogP contribution in [0.5, 0.6) is 0 Å². The number of nitrogens with zero attached hydrogens (tertiary/aromatic N) is 9. The van der Waals surface area contributed by atoms with Gasteiger partial charge in [-0.3, -0.25) is 9.13 Å². The van der Waals surface area contributed by atoms with Crippen LogP contribution in [0.4, 0.5) is 5.82 Å². The van der Waals surface area contributed by atoms with Crippen molar-refractivity contribution in [1.82, 2.24) is 39.3 Å². The van der Waals surface area contributed by atoms with Crippen LogP contribution in [-0.2, 0) is 0 Å². The first-order valence-electron chi connectivity index (χ1n) is 9.61. The summed E-state index contributed by atoms with van der Waals surface area (Å²) in [4.78, 5) is 20.8. The Kier molecular flexibility index (Phi) is 4.16. The van der Waals surface area contributed by atoms with Gasteiger partial charge in [0, 0.05) is 30.0 Å². The molecule has 0 unspecified atom stereocenters. The Morgan fingerprint density at radius 2 is 2.00 bits per heavy atom. The molecule has 0 fully saturated rings. The lowest BCUT2D eigenvalue weighted by Crippen LogP contribution is -2.40. The number of hydrogen-bond donors (Lipinski definition) is 0. The molecule has 0 amide bonds. The Balaban J connectivity index is 1.71. The second kappa shape index (κ2) is 6.73. The predicted molar refractivity (Wildman–Crippen MR) is 111 cm³/mol. The highest BCUT2D eigenvalue weighted by Gasteiger charge is 2.36. The normalized spacial score (nSPS) is 15.6. The molecule has 5 rings (SSSR count). The van der Waals surface area contributed by atoms with E-state index in [1.807, 2.05) is 29.3 Å². The van der Waals surface area contributed by atoms with Gasteiger partial charge in [0.1, 0.15) is 11.5 Å². The molecule has 4 aromatic heterocycles. The summed E-state index contributed by atoms with van der Waals surface area (Å²) >= 11 is 1.54. The Hall–Kier alpha value is -3.14. The van der Waals surface area contributed by atoms with Crippen molar-refractivity contribution in [3.63, 3.8) is 0 Å². The fraction of sp³-hybridized carbons (Fsp3) is 0.368. The molecule has 29 heavy (non-hydrogen) atoms. The Morgan fingerprint density at radius 1 is 1.14 bits per heavy atom. The molecule has 1 atom stereocenters. The summed E-state index contributed by atoms with van der Waals surface area (Å²) in [5.41, 5.74) is 0.903. The second-order valence-electron chi connectivity index (χ2n) is 7.20. The largest absolute Gasteiger partial charge is 0.342 e. The lowest BCUT2D eigenvalue weighted by atomic mass is 10.1. The molecule has 148 valence electrons. The van der Waals surface area contributed by atoms with Crippen molar-refractivity contribution in [2.45, 2.75) is 46.2 Å². The van der Waals surface area contributed by atoms with Crippen LogP contribution in [0.25, 0.3) is 22.5 Å². The SMILES string of the molecule is CC[C@@H]1c2nnc(C)n2-c2cnc(-n3ccnc3-c3nccs3)nc2N1C(C)C. The molecular weight excluding hydrogens is 386 g/mol. The van der Waals surface area contributed by atoms with Crippen molar-refractivity contribution in [2.75, 3.05) is 4.90 Å². The van der Waals surface area contributed by atoms with Crippen LogP contribution in [-0.4, -0.2) is 45.3 Å². The van der Waals surface area contributed by atoms with Crippen molar-refractivity contribution < 1.29 is 0 Å². The number of anilines is 1. The molecule has 0 bridgehead atoms. The Bertz CT molecular complexity index is 1160. The van der Waals surface area contributed by atoms with Crippen LogP contribution in [0.3, 0.4) is 0 Å². The van der Waals surface area contributed by atoms with Crippen molar-refractivity contribution in [3.05, 3.63) is 41.8 Å². The molecule has 9 nitrogen and oxygen atoms in total. The van der Waals surface area contributed by atoms with Crippen LogP contribution in [0.15, 0.2) is 30.2 Å². The monoisotopic (exact) mass is 407 g/mol. The van der Waals surface area contributed by atoms with Gasteiger partial charge in [0.2, 0.25) is 5.95 Å². The van der Waals surface area contributed by atoms with E-state index in [2.05, 4.69) is 55.4 Å². The van der Waals surface area contributed by atoms with Crippen LogP contribution < -0.4 is 4.90 Å². The third-order valence-electron chi connectivity index (χ3n) is 5.13. The van der Waals surface area contributed by atoms with E-state index in [0.717, 1.165) is 40.4 Å². The minimum Gasteiger partial charge on any atom is -0.342 e. The molecule has 0 aromatic carbocycles. The maximum absolute atomic E-state index is 4.98. The average molecular weight is 408 g/mol. The van der Waals surface area contributed by atoms with E-state index in [1.165, 1.54) is 0 Å². The summed E-state index contributed by atoms with van der Waals surface area (Å²) < 4.78 is 3.95. The first-order chi connectivity index (χ1) is 14.1. The average Bonchev–Trinajstić information content (AvgIpc) is 3.46. The van der Waals surface area contributed by atoms with Crippen molar-refractivity contribution in [2.24, 2.45) is 0 Å². The molecule has 0 N–H and O–H groups in total.